The SMILES string of the molecule is Cc1ccc(C(=O)Nc2ccc(N3CCCC3)c(NC(=O)Nc3ccc(F)c(Cl)c3)c2)cc1. The van der Waals surface area contributed by atoms with Crippen molar-refractivity contribution in [1.82, 2.24) is 0 Å². The highest BCUT2D eigenvalue weighted by Gasteiger charge is 2.18. The summed E-state index contributed by atoms with van der Waals surface area (Å²) in [5.74, 6) is -0.795. The van der Waals surface area contributed by atoms with Crippen LogP contribution in [-0.4, -0.2) is 25.0 Å². The maximum absolute atomic E-state index is 13.4. The summed E-state index contributed by atoms with van der Waals surface area (Å²) < 4.78 is 13.4. The molecule has 0 radical (unpaired) electrons. The first-order chi connectivity index (χ1) is 15.9. The molecule has 0 unspecified atom stereocenters. The van der Waals surface area contributed by atoms with E-state index in [0.717, 1.165) is 37.2 Å². The van der Waals surface area contributed by atoms with E-state index in [-0.39, 0.29) is 10.9 Å². The van der Waals surface area contributed by atoms with Gasteiger partial charge in [0.15, 0.2) is 0 Å². The molecular weight excluding hydrogens is 443 g/mol. The number of nitrogens with one attached hydrogen (secondary N) is 3. The highest BCUT2D eigenvalue weighted by Crippen LogP contribution is 2.32. The van der Waals surface area contributed by atoms with Crippen molar-refractivity contribution < 1.29 is 14.0 Å². The minimum atomic E-state index is -0.559. The van der Waals surface area contributed by atoms with E-state index in [2.05, 4.69) is 20.9 Å². The zero-order chi connectivity index (χ0) is 23.4. The second-order valence-corrected chi connectivity index (χ2v) is 8.36. The fourth-order valence-electron chi connectivity index (χ4n) is 3.71. The normalized spacial score (nSPS) is 13.0. The molecule has 0 aromatic heterocycles. The summed E-state index contributed by atoms with van der Waals surface area (Å²) in [5, 5.41) is 8.32. The van der Waals surface area contributed by atoms with E-state index in [1.807, 2.05) is 31.2 Å². The zero-order valence-corrected chi connectivity index (χ0v) is 18.9. The molecule has 3 aromatic carbocycles. The van der Waals surface area contributed by atoms with Crippen molar-refractivity contribution in [2.24, 2.45) is 0 Å². The van der Waals surface area contributed by atoms with Crippen molar-refractivity contribution in [3.8, 4) is 0 Å². The van der Waals surface area contributed by atoms with Gasteiger partial charge in [0.25, 0.3) is 5.91 Å². The van der Waals surface area contributed by atoms with Crippen molar-refractivity contribution in [2.45, 2.75) is 19.8 Å². The summed E-state index contributed by atoms with van der Waals surface area (Å²) >= 11 is 5.80. The van der Waals surface area contributed by atoms with Crippen molar-refractivity contribution in [1.29, 1.82) is 0 Å². The van der Waals surface area contributed by atoms with E-state index in [1.54, 1.807) is 18.2 Å². The topological polar surface area (TPSA) is 73.5 Å². The van der Waals surface area contributed by atoms with E-state index in [9.17, 15) is 14.0 Å². The molecular formula is C25H24ClFN4O2. The maximum Gasteiger partial charge on any atom is 0.323 e. The van der Waals surface area contributed by atoms with Gasteiger partial charge in [0.05, 0.1) is 16.4 Å². The number of amides is 3. The first kappa shape index (κ1) is 22.6. The Kier molecular flexibility index (Phi) is 6.79. The number of rotatable bonds is 5. The van der Waals surface area contributed by atoms with Gasteiger partial charge in [-0.2, -0.15) is 0 Å². The molecule has 1 saturated heterocycles. The Morgan fingerprint density at radius 3 is 2.24 bits per heavy atom. The van der Waals surface area contributed by atoms with Crippen molar-refractivity contribution in [3.63, 3.8) is 0 Å². The third kappa shape index (κ3) is 5.62. The number of carbonyl (C=O) groups excluding carboxylic acids is 2. The van der Waals surface area contributed by atoms with Crippen LogP contribution in [0.15, 0.2) is 60.7 Å². The molecule has 4 rings (SSSR count). The molecule has 0 saturated carbocycles. The van der Waals surface area contributed by atoms with Gasteiger partial charge in [0.2, 0.25) is 0 Å². The van der Waals surface area contributed by atoms with Crippen LogP contribution in [-0.2, 0) is 0 Å². The van der Waals surface area contributed by atoms with Crippen molar-refractivity contribution >= 4 is 46.3 Å². The number of carbonyl (C=O) groups is 2. The monoisotopic (exact) mass is 466 g/mol. The fraction of sp³-hybridized carbons (Fsp3) is 0.200. The van der Waals surface area contributed by atoms with Crippen LogP contribution in [0.3, 0.4) is 0 Å². The Balaban J connectivity index is 1.54. The van der Waals surface area contributed by atoms with Crippen LogP contribution in [0.2, 0.25) is 5.02 Å². The molecule has 1 heterocycles. The lowest BCUT2D eigenvalue weighted by molar-refractivity contribution is 0.102. The Morgan fingerprint density at radius 2 is 1.55 bits per heavy atom. The van der Waals surface area contributed by atoms with Crippen LogP contribution in [0.1, 0.15) is 28.8 Å². The summed E-state index contributed by atoms with van der Waals surface area (Å²) in [4.78, 5) is 27.5. The van der Waals surface area contributed by atoms with E-state index >= 15 is 0 Å². The predicted octanol–water partition coefficient (Wildman–Crippen LogP) is 6.28. The smallest absolute Gasteiger partial charge is 0.323 e. The van der Waals surface area contributed by atoms with Crippen LogP contribution < -0.4 is 20.9 Å². The first-order valence-electron chi connectivity index (χ1n) is 10.7. The lowest BCUT2D eigenvalue weighted by Gasteiger charge is -2.22. The molecule has 3 N–H and O–H groups in total. The number of nitrogens with zero attached hydrogens (tertiary/aromatic N) is 1. The maximum atomic E-state index is 13.4. The van der Waals surface area contributed by atoms with Gasteiger partial charge >= 0.3 is 6.03 Å². The van der Waals surface area contributed by atoms with Crippen LogP contribution >= 0.6 is 11.6 Å². The number of anilines is 4. The molecule has 0 bridgehead atoms. The molecule has 1 fully saturated rings. The van der Waals surface area contributed by atoms with E-state index < -0.39 is 11.8 Å². The molecule has 0 spiro atoms. The second kappa shape index (κ2) is 9.92. The van der Waals surface area contributed by atoms with Gasteiger partial charge in [0, 0.05) is 30.0 Å². The molecule has 8 heteroatoms. The molecule has 1 aliphatic heterocycles. The third-order valence-electron chi connectivity index (χ3n) is 5.44. The van der Waals surface area contributed by atoms with Gasteiger partial charge in [-0.15, -0.1) is 0 Å². The average Bonchev–Trinajstić information content (AvgIpc) is 3.31. The van der Waals surface area contributed by atoms with Gasteiger partial charge < -0.3 is 20.9 Å². The lowest BCUT2D eigenvalue weighted by Crippen LogP contribution is -2.24. The second-order valence-electron chi connectivity index (χ2n) is 7.95. The summed E-state index contributed by atoms with van der Waals surface area (Å²) in [6.07, 6.45) is 2.15. The van der Waals surface area contributed by atoms with Crippen molar-refractivity contribution in [3.05, 3.63) is 82.6 Å². The van der Waals surface area contributed by atoms with E-state index in [0.29, 0.717) is 22.6 Å². The van der Waals surface area contributed by atoms with Crippen LogP contribution in [0.25, 0.3) is 0 Å². The first-order valence-corrected chi connectivity index (χ1v) is 11.1. The van der Waals surface area contributed by atoms with Crippen molar-refractivity contribution in [2.75, 3.05) is 33.9 Å². The summed E-state index contributed by atoms with van der Waals surface area (Å²) in [5.41, 5.74) is 3.97. The number of urea groups is 1. The predicted molar refractivity (Wildman–Crippen MR) is 131 cm³/mol. The van der Waals surface area contributed by atoms with Crippen LogP contribution in [0.5, 0.6) is 0 Å². The third-order valence-corrected chi connectivity index (χ3v) is 5.73. The molecule has 6 nitrogen and oxygen atoms in total. The molecule has 3 aromatic rings. The van der Waals surface area contributed by atoms with Gasteiger partial charge in [-0.05, 0) is 68.3 Å². The number of benzene rings is 3. The van der Waals surface area contributed by atoms with Gasteiger partial charge in [-0.3, -0.25) is 4.79 Å². The van der Waals surface area contributed by atoms with Crippen LogP contribution in [0, 0.1) is 12.7 Å². The highest BCUT2D eigenvalue weighted by atomic mass is 35.5. The highest BCUT2D eigenvalue weighted by molar-refractivity contribution is 6.31. The van der Waals surface area contributed by atoms with Crippen LogP contribution in [0.4, 0.5) is 31.9 Å². The Labute approximate surface area is 196 Å². The fourth-order valence-corrected chi connectivity index (χ4v) is 3.89. The number of hydrogen-bond donors (Lipinski definition) is 3. The summed E-state index contributed by atoms with van der Waals surface area (Å²) in [6.45, 7) is 3.74. The van der Waals surface area contributed by atoms with Gasteiger partial charge in [-0.25, -0.2) is 9.18 Å². The Bertz CT molecular complexity index is 1180. The molecule has 1 aliphatic rings. The molecule has 33 heavy (non-hydrogen) atoms. The van der Waals surface area contributed by atoms with Gasteiger partial charge in [-0.1, -0.05) is 29.3 Å². The Morgan fingerprint density at radius 1 is 0.879 bits per heavy atom. The summed E-state index contributed by atoms with van der Waals surface area (Å²) in [6, 6.07) is 16.2. The average molecular weight is 467 g/mol. The number of hydrogen-bond acceptors (Lipinski definition) is 3. The van der Waals surface area contributed by atoms with E-state index in [4.69, 9.17) is 11.6 Å². The lowest BCUT2D eigenvalue weighted by atomic mass is 10.1. The van der Waals surface area contributed by atoms with E-state index in [1.165, 1.54) is 18.2 Å². The number of aryl methyl sites for hydroxylation is 1. The summed E-state index contributed by atoms with van der Waals surface area (Å²) in [7, 11) is 0. The molecule has 0 atom stereocenters. The number of halogens is 2. The van der Waals surface area contributed by atoms with Gasteiger partial charge in [0.1, 0.15) is 5.82 Å². The zero-order valence-electron chi connectivity index (χ0n) is 18.1. The Hall–Kier alpha value is -3.58. The molecule has 3 amide bonds. The standard InChI is InChI=1S/C25H24ClFN4O2/c1-16-4-6-17(7-5-16)24(32)28-19-9-11-23(31-12-2-3-13-31)22(15-19)30-25(33)29-18-8-10-21(27)20(26)14-18/h4-11,14-15H,2-3,12-13H2,1H3,(H,28,32)(H2,29,30,33). The molecule has 170 valence electrons. The largest absolute Gasteiger partial charge is 0.370 e. The molecule has 0 aliphatic carbocycles. The minimum Gasteiger partial charge on any atom is -0.370 e. The quantitative estimate of drug-likeness (QED) is 0.414. The minimum absolute atomic E-state index is 0.0774.